The van der Waals surface area contributed by atoms with Crippen LogP contribution in [0.15, 0.2) is 48.5 Å². The van der Waals surface area contributed by atoms with E-state index >= 15 is 0 Å². The van der Waals surface area contributed by atoms with E-state index in [1.54, 1.807) is 12.0 Å². The number of fused-ring (bicyclic) bond motifs is 2. The Kier molecular flexibility index (Phi) is 10.6. The van der Waals surface area contributed by atoms with E-state index in [0.717, 1.165) is 55.8 Å². The molecule has 2 heterocycles. The highest BCUT2D eigenvalue weighted by Crippen LogP contribution is 2.61. The number of hydroxylamine groups is 2. The van der Waals surface area contributed by atoms with Crippen LogP contribution in [0.4, 0.5) is 0 Å². The molecule has 8 atom stereocenters. The van der Waals surface area contributed by atoms with Crippen LogP contribution in [0.3, 0.4) is 0 Å². The predicted molar refractivity (Wildman–Crippen MR) is 186 cm³/mol. The number of carbonyl (C=O) groups excluding carboxylic acids is 2. The zero-order valence-corrected chi connectivity index (χ0v) is 29.3. The quantitative estimate of drug-likeness (QED) is 0.291. The van der Waals surface area contributed by atoms with Crippen molar-refractivity contribution in [1.29, 1.82) is 0 Å². The predicted octanol–water partition coefficient (Wildman–Crippen LogP) is 2.99. The van der Waals surface area contributed by atoms with Crippen molar-refractivity contribution in [2.24, 2.45) is 29.1 Å². The fourth-order valence-electron chi connectivity index (χ4n) is 8.85. The molecule has 2 aromatic rings. The van der Waals surface area contributed by atoms with Crippen LogP contribution in [-0.2, 0) is 16.2 Å². The molecule has 10 heteroatoms. The first kappa shape index (κ1) is 35.0. The summed E-state index contributed by atoms with van der Waals surface area (Å²) in [4.78, 5) is 37.9. The second-order valence-electron chi connectivity index (χ2n) is 15.4. The van der Waals surface area contributed by atoms with Crippen LogP contribution < -0.4 is 10.6 Å². The van der Waals surface area contributed by atoms with Gasteiger partial charge in [0.25, 0.3) is 5.91 Å². The van der Waals surface area contributed by atoms with Gasteiger partial charge in [-0.1, -0.05) is 51.1 Å². The topological polar surface area (TPSA) is 118 Å². The SMILES string of the molecule is C[C@@H]1[C@@H](NC(=O)[C@@H]2[C@H]([C@H](C)O)[C@H](CO)ON2Cc2cccc(-c3cccc(C(=O)NCCN4CCN(C)CC4)c3)c2)C[C@H]2C[C@@H]1C2(C)C. The van der Waals surface area contributed by atoms with Crippen molar-refractivity contribution < 1.29 is 24.6 Å². The Morgan fingerprint density at radius 2 is 1.75 bits per heavy atom. The minimum Gasteiger partial charge on any atom is -0.394 e. The van der Waals surface area contributed by atoms with Gasteiger partial charge in [0.15, 0.2) is 0 Å². The third kappa shape index (κ3) is 7.20. The fourth-order valence-corrected chi connectivity index (χ4v) is 8.85. The van der Waals surface area contributed by atoms with Crippen molar-refractivity contribution in [1.82, 2.24) is 25.5 Å². The summed E-state index contributed by atoms with van der Waals surface area (Å²) < 4.78 is 0. The number of piperazine rings is 1. The van der Waals surface area contributed by atoms with Crippen molar-refractivity contribution in [3.05, 3.63) is 59.7 Å². The number of rotatable bonds is 11. The molecule has 0 unspecified atom stereocenters. The normalized spacial score (nSPS) is 31.2. The minimum atomic E-state index is -0.846. The van der Waals surface area contributed by atoms with E-state index in [1.165, 1.54) is 6.42 Å². The van der Waals surface area contributed by atoms with Gasteiger partial charge in [-0.05, 0) is 84.9 Å². The van der Waals surface area contributed by atoms with Crippen LogP contribution in [0.5, 0.6) is 0 Å². The van der Waals surface area contributed by atoms with Crippen LogP contribution in [0.25, 0.3) is 11.1 Å². The van der Waals surface area contributed by atoms with Gasteiger partial charge in [0, 0.05) is 56.8 Å². The summed E-state index contributed by atoms with van der Waals surface area (Å²) in [5.74, 6) is 0.741. The molecule has 4 N–H and O–H groups in total. The lowest BCUT2D eigenvalue weighted by Gasteiger charge is -2.62. The van der Waals surface area contributed by atoms with E-state index in [4.69, 9.17) is 4.84 Å². The lowest BCUT2D eigenvalue weighted by molar-refractivity contribution is -0.183. The molecular weight excluding hydrogens is 606 g/mol. The molecule has 2 aromatic carbocycles. The van der Waals surface area contributed by atoms with Gasteiger partial charge < -0.3 is 25.7 Å². The highest BCUT2D eigenvalue weighted by Gasteiger charge is 2.57. The average molecular weight is 662 g/mol. The maximum absolute atomic E-state index is 14.0. The molecule has 10 nitrogen and oxygen atoms in total. The third-order valence-corrected chi connectivity index (χ3v) is 12.1. The number of aliphatic hydroxyl groups excluding tert-OH is 2. The first-order chi connectivity index (χ1) is 23.0. The van der Waals surface area contributed by atoms with E-state index in [2.05, 4.69) is 48.3 Å². The minimum absolute atomic E-state index is 0.0820. The second kappa shape index (κ2) is 14.5. The first-order valence-electron chi connectivity index (χ1n) is 17.9. The molecule has 48 heavy (non-hydrogen) atoms. The van der Waals surface area contributed by atoms with Crippen molar-refractivity contribution in [2.75, 3.05) is 52.9 Å². The van der Waals surface area contributed by atoms with Gasteiger partial charge in [-0.25, -0.2) is 0 Å². The molecule has 2 saturated heterocycles. The van der Waals surface area contributed by atoms with Gasteiger partial charge in [-0.2, -0.15) is 5.06 Å². The van der Waals surface area contributed by atoms with Gasteiger partial charge in [0.2, 0.25) is 5.91 Å². The first-order valence-corrected chi connectivity index (χ1v) is 17.9. The third-order valence-electron chi connectivity index (χ3n) is 12.1. The second-order valence-corrected chi connectivity index (χ2v) is 15.4. The zero-order chi connectivity index (χ0) is 34.2. The number of hydrogen-bond donors (Lipinski definition) is 4. The maximum atomic E-state index is 14.0. The van der Waals surface area contributed by atoms with E-state index < -0.39 is 24.2 Å². The van der Waals surface area contributed by atoms with Crippen LogP contribution in [0.2, 0.25) is 0 Å². The smallest absolute Gasteiger partial charge is 0.251 e. The van der Waals surface area contributed by atoms with Gasteiger partial charge in [0.1, 0.15) is 12.1 Å². The summed E-state index contributed by atoms with van der Waals surface area (Å²) in [6.45, 7) is 14.2. The standard InChI is InChI=1S/C38H55N5O5/c1-24-31-20-30(38(31,3)4)21-32(24)40-37(47)35-34(25(2)45)33(23-44)48-43(35)22-26-8-6-9-27(18-26)28-10-7-11-29(19-28)36(46)39-12-13-42-16-14-41(5)15-17-42/h6-11,18-19,24-25,30-35,44-45H,12-17,20-23H2,1-5H3,(H,39,46)(H,40,47)/t24-,25-,30+,31-,32-,33-,34+,35-/m0/s1. The van der Waals surface area contributed by atoms with Gasteiger partial charge >= 0.3 is 0 Å². The highest BCUT2D eigenvalue weighted by atomic mass is 16.7. The largest absolute Gasteiger partial charge is 0.394 e. The summed E-state index contributed by atoms with van der Waals surface area (Å²) in [5.41, 5.74) is 3.71. The fraction of sp³-hybridized carbons (Fsp3) is 0.632. The number of carbonyl (C=O) groups is 2. The van der Waals surface area contributed by atoms with Gasteiger partial charge in [-0.15, -0.1) is 0 Å². The van der Waals surface area contributed by atoms with Crippen LogP contribution in [-0.4, -0.2) is 114 Å². The highest BCUT2D eigenvalue weighted by molar-refractivity contribution is 5.95. The number of aliphatic hydroxyl groups is 2. The lowest BCUT2D eigenvalue weighted by atomic mass is 9.45. The van der Waals surface area contributed by atoms with Crippen LogP contribution in [0, 0.1) is 29.1 Å². The molecular formula is C38H55N5O5. The number of hydrogen-bond acceptors (Lipinski definition) is 8. The van der Waals surface area contributed by atoms with Crippen molar-refractivity contribution in [3.8, 4) is 11.1 Å². The summed E-state index contributed by atoms with van der Waals surface area (Å²) >= 11 is 0. The molecule has 5 aliphatic rings. The average Bonchev–Trinajstić information content (AvgIpc) is 3.45. The van der Waals surface area contributed by atoms with E-state index in [1.807, 2.05) is 48.5 Å². The Morgan fingerprint density at radius 3 is 2.42 bits per heavy atom. The van der Waals surface area contributed by atoms with Gasteiger partial charge in [0.05, 0.1) is 19.3 Å². The molecule has 7 rings (SSSR count). The molecule has 262 valence electrons. The molecule has 5 fully saturated rings. The Labute approximate surface area is 285 Å². The molecule has 3 aliphatic carbocycles. The molecule has 2 bridgehead atoms. The Morgan fingerprint density at radius 1 is 1.04 bits per heavy atom. The van der Waals surface area contributed by atoms with E-state index in [9.17, 15) is 19.8 Å². The number of benzene rings is 2. The number of nitrogens with zero attached hydrogens (tertiary/aromatic N) is 3. The molecule has 2 amide bonds. The zero-order valence-electron chi connectivity index (χ0n) is 29.3. The van der Waals surface area contributed by atoms with Gasteiger partial charge in [-0.3, -0.25) is 19.3 Å². The van der Waals surface area contributed by atoms with Crippen LogP contribution >= 0.6 is 0 Å². The van der Waals surface area contributed by atoms with Crippen LogP contribution in [0.1, 0.15) is 56.5 Å². The van der Waals surface area contributed by atoms with Crippen molar-refractivity contribution in [3.63, 3.8) is 0 Å². The molecule has 2 aliphatic heterocycles. The van der Waals surface area contributed by atoms with E-state index in [0.29, 0.717) is 41.8 Å². The molecule has 0 spiro atoms. The lowest BCUT2D eigenvalue weighted by Crippen LogP contribution is -2.62. The number of amides is 2. The van der Waals surface area contributed by atoms with Crippen molar-refractivity contribution in [2.45, 2.75) is 71.4 Å². The molecule has 0 radical (unpaired) electrons. The Hall–Kier alpha value is -2.86. The Balaban J connectivity index is 1.13. The number of likely N-dealkylation sites (N-methyl/N-ethyl adjacent to an activating group) is 1. The summed E-state index contributed by atoms with van der Waals surface area (Å²) in [6.07, 6.45) is 0.651. The Bertz CT molecular complexity index is 1440. The molecule has 3 saturated carbocycles. The van der Waals surface area contributed by atoms with Crippen molar-refractivity contribution >= 4 is 11.8 Å². The number of nitrogens with one attached hydrogen (secondary N) is 2. The van der Waals surface area contributed by atoms with E-state index in [-0.39, 0.29) is 24.5 Å². The summed E-state index contributed by atoms with van der Waals surface area (Å²) in [7, 11) is 2.14. The molecule has 0 aromatic heterocycles. The summed E-state index contributed by atoms with van der Waals surface area (Å²) in [5, 5.41) is 29.1. The monoisotopic (exact) mass is 661 g/mol. The maximum Gasteiger partial charge on any atom is 0.251 e. The summed E-state index contributed by atoms with van der Waals surface area (Å²) in [6, 6.07) is 15.0.